The van der Waals surface area contributed by atoms with Gasteiger partial charge in [-0.2, -0.15) is 0 Å². The maximum Gasteiger partial charge on any atom is 0.0546 e. The summed E-state index contributed by atoms with van der Waals surface area (Å²) in [5.74, 6) is 3.21. The number of rotatable bonds is 5. The lowest BCUT2D eigenvalue weighted by Crippen LogP contribution is -2.35. The van der Waals surface area contributed by atoms with Gasteiger partial charge >= 0.3 is 0 Å². The first-order valence-corrected chi connectivity index (χ1v) is 9.26. The molecule has 2 nitrogen and oxygen atoms in total. The van der Waals surface area contributed by atoms with Crippen LogP contribution in [0.25, 0.3) is 0 Å². The van der Waals surface area contributed by atoms with Crippen LogP contribution in [0.4, 0.5) is 0 Å². The topological polar surface area (TPSA) is 6.48 Å². The summed E-state index contributed by atoms with van der Waals surface area (Å²) in [4.78, 5) is 3.65. The normalized spacial score (nSPS) is 23.4. The highest BCUT2D eigenvalue weighted by molar-refractivity contribution is 7.97. The van der Waals surface area contributed by atoms with Crippen molar-refractivity contribution in [2.75, 3.05) is 19.6 Å². The summed E-state index contributed by atoms with van der Waals surface area (Å²) in [7, 11) is 0. The Morgan fingerprint density at radius 3 is 2.75 bits per heavy atom. The van der Waals surface area contributed by atoms with Gasteiger partial charge in [-0.15, -0.1) is 12.3 Å². The Morgan fingerprint density at radius 2 is 2.00 bits per heavy atom. The third-order valence-corrected chi connectivity index (χ3v) is 5.64. The fourth-order valence-electron chi connectivity index (χ4n) is 3.25. The van der Waals surface area contributed by atoms with E-state index in [9.17, 15) is 0 Å². The summed E-state index contributed by atoms with van der Waals surface area (Å²) >= 11 is 1.85. The van der Waals surface area contributed by atoms with Crippen molar-refractivity contribution in [3.8, 4) is 12.3 Å². The Labute approximate surface area is 150 Å². The lowest BCUT2D eigenvalue weighted by molar-refractivity contribution is 0.300. The molecule has 1 aromatic rings. The molecule has 1 aliphatic carbocycles. The molecule has 0 aromatic heterocycles. The zero-order valence-corrected chi connectivity index (χ0v) is 14.8. The Hall–Kier alpha value is -1.89. The van der Waals surface area contributed by atoms with Crippen LogP contribution in [0, 0.1) is 18.3 Å². The second kappa shape index (κ2) is 8.28. The molecule has 1 aliphatic heterocycles. The van der Waals surface area contributed by atoms with Crippen LogP contribution in [0.1, 0.15) is 12.0 Å². The van der Waals surface area contributed by atoms with Crippen molar-refractivity contribution in [1.29, 1.82) is 0 Å². The van der Waals surface area contributed by atoms with Crippen molar-refractivity contribution in [2.24, 2.45) is 5.92 Å². The van der Waals surface area contributed by atoms with Crippen molar-refractivity contribution in [3.05, 3.63) is 66.9 Å². The highest BCUT2D eigenvalue weighted by Crippen LogP contribution is 2.30. The SMILES string of the molecule is C#CCCc1ccc(SN2CCN(C=C)C3C=CC=CC3C2)cc1. The minimum Gasteiger partial charge on any atom is -0.370 e. The minimum atomic E-state index is 0.434. The predicted molar refractivity (Wildman–Crippen MR) is 103 cm³/mol. The Kier molecular flexibility index (Phi) is 5.85. The number of benzene rings is 1. The van der Waals surface area contributed by atoms with Gasteiger partial charge in [0, 0.05) is 36.9 Å². The van der Waals surface area contributed by atoms with Crippen LogP contribution >= 0.6 is 11.9 Å². The first kappa shape index (κ1) is 17.0. The van der Waals surface area contributed by atoms with E-state index in [2.05, 4.69) is 70.3 Å². The highest BCUT2D eigenvalue weighted by Gasteiger charge is 2.29. The molecule has 1 heterocycles. The van der Waals surface area contributed by atoms with E-state index in [1.165, 1.54) is 10.5 Å². The van der Waals surface area contributed by atoms with Crippen molar-refractivity contribution >= 4 is 11.9 Å². The first-order valence-electron chi connectivity index (χ1n) is 8.49. The summed E-state index contributed by atoms with van der Waals surface area (Å²) in [6, 6.07) is 9.24. The number of terminal acetylenes is 1. The Bertz CT molecular complexity index is 653. The lowest BCUT2D eigenvalue weighted by atomic mass is 9.94. The largest absolute Gasteiger partial charge is 0.370 e. The third-order valence-electron chi connectivity index (χ3n) is 4.57. The van der Waals surface area contributed by atoms with Crippen LogP contribution in [0.15, 0.2) is 66.2 Å². The van der Waals surface area contributed by atoms with E-state index in [1.807, 2.05) is 18.1 Å². The molecule has 2 aliphatic rings. The summed E-state index contributed by atoms with van der Waals surface area (Å²) in [5.41, 5.74) is 1.31. The van der Waals surface area contributed by atoms with Gasteiger partial charge in [-0.3, -0.25) is 0 Å². The van der Waals surface area contributed by atoms with E-state index in [-0.39, 0.29) is 0 Å². The average molecular weight is 337 g/mol. The second-order valence-electron chi connectivity index (χ2n) is 6.17. The molecule has 0 radical (unpaired) electrons. The van der Waals surface area contributed by atoms with E-state index in [4.69, 9.17) is 6.42 Å². The third kappa shape index (κ3) is 4.14. The number of nitrogens with zero attached hydrogens (tertiary/aromatic N) is 2. The van der Waals surface area contributed by atoms with Crippen LogP contribution in [0.5, 0.6) is 0 Å². The van der Waals surface area contributed by atoms with E-state index in [0.29, 0.717) is 12.0 Å². The molecule has 2 unspecified atom stereocenters. The smallest absolute Gasteiger partial charge is 0.0546 e. The van der Waals surface area contributed by atoms with Crippen LogP contribution < -0.4 is 0 Å². The summed E-state index contributed by atoms with van der Waals surface area (Å²) < 4.78 is 2.47. The molecular formula is C21H24N2S. The molecule has 0 amide bonds. The molecule has 1 saturated heterocycles. The first-order chi connectivity index (χ1) is 11.8. The Morgan fingerprint density at radius 1 is 1.21 bits per heavy atom. The number of aryl methyl sites for hydroxylation is 1. The molecule has 0 bridgehead atoms. The second-order valence-corrected chi connectivity index (χ2v) is 7.34. The predicted octanol–water partition coefficient (Wildman–Crippen LogP) is 4.13. The zero-order valence-electron chi connectivity index (χ0n) is 14.0. The van der Waals surface area contributed by atoms with Gasteiger partial charge in [0.05, 0.1) is 6.04 Å². The van der Waals surface area contributed by atoms with Gasteiger partial charge in [0.2, 0.25) is 0 Å². The van der Waals surface area contributed by atoms with Crippen molar-refractivity contribution < 1.29 is 0 Å². The molecule has 3 heteroatoms. The van der Waals surface area contributed by atoms with Gasteiger partial charge in [0.15, 0.2) is 0 Å². The number of hydrogen-bond donors (Lipinski definition) is 0. The van der Waals surface area contributed by atoms with E-state index in [0.717, 1.165) is 32.5 Å². The van der Waals surface area contributed by atoms with E-state index < -0.39 is 0 Å². The van der Waals surface area contributed by atoms with Crippen LogP contribution in [-0.4, -0.2) is 34.9 Å². The Balaban J connectivity index is 1.65. The monoisotopic (exact) mass is 336 g/mol. The van der Waals surface area contributed by atoms with E-state index in [1.54, 1.807) is 0 Å². The standard InChI is InChI=1S/C21H24N2S/c1-3-5-8-18-11-13-20(14-12-18)24-23-16-15-22(4-2)21-10-7-6-9-19(21)17-23/h1,4,6-7,9-14,19,21H,2,5,8,15-17H2. The fraction of sp³-hybridized carbons (Fsp3) is 0.333. The van der Waals surface area contributed by atoms with Crippen LogP contribution in [-0.2, 0) is 6.42 Å². The van der Waals surface area contributed by atoms with Gasteiger partial charge in [0.25, 0.3) is 0 Å². The van der Waals surface area contributed by atoms with Crippen molar-refractivity contribution in [3.63, 3.8) is 0 Å². The summed E-state index contributed by atoms with van der Waals surface area (Å²) in [6.45, 7) is 7.09. The highest BCUT2D eigenvalue weighted by atomic mass is 32.2. The number of hydrogen-bond acceptors (Lipinski definition) is 3. The average Bonchev–Trinajstić information content (AvgIpc) is 2.80. The maximum absolute atomic E-state index is 5.34. The van der Waals surface area contributed by atoms with Gasteiger partial charge in [0.1, 0.15) is 0 Å². The fourth-order valence-corrected chi connectivity index (χ4v) is 4.22. The molecule has 3 rings (SSSR count). The molecule has 2 atom stereocenters. The summed E-state index contributed by atoms with van der Waals surface area (Å²) in [6.07, 6.45) is 18.0. The molecule has 0 saturated carbocycles. The van der Waals surface area contributed by atoms with Gasteiger partial charge < -0.3 is 4.90 Å². The lowest BCUT2D eigenvalue weighted by Gasteiger charge is -2.31. The quantitative estimate of drug-likeness (QED) is 0.590. The molecular weight excluding hydrogens is 312 g/mol. The minimum absolute atomic E-state index is 0.434. The van der Waals surface area contributed by atoms with Crippen molar-refractivity contribution in [2.45, 2.75) is 23.8 Å². The van der Waals surface area contributed by atoms with Crippen molar-refractivity contribution in [1.82, 2.24) is 9.21 Å². The molecule has 1 fully saturated rings. The summed E-state index contributed by atoms with van der Waals surface area (Å²) in [5, 5.41) is 0. The van der Waals surface area contributed by atoms with Crippen LogP contribution in [0.3, 0.4) is 0 Å². The molecule has 1 aromatic carbocycles. The van der Waals surface area contributed by atoms with Crippen LogP contribution in [0.2, 0.25) is 0 Å². The number of fused-ring (bicyclic) bond motifs is 1. The molecule has 0 spiro atoms. The van der Waals surface area contributed by atoms with Gasteiger partial charge in [-0.05, 0) is 42.3 Å². The maximum atomic E-state index is 5.34. The molecule has 24 heavy (non-hydrogen) atoms. The van der Waals surface area contributed by atoms with Gasteiger partial charge in [-0.1, -0.05) is 43.0 Å². The number of allylic oxidation sites excluding steroid dienone is 2. The van der Waals surface area contributed by atoms with E-state index >= 15 is 0 Å². The molecule has 124 valence electrons. The zero-order chi connectivity index (χ0) is 16.8. The van der Waals surface area contributed by atoms with Gasteiger partial charge in [-0.25, -0.2) is 4.31 Å². The molecule has 0 N–H and O–H groups in total.